The van der Waals surface area contributed by atoms with Crippen LogP contribution >= 0.6 is 0 Å². The SMILES string of the molecule is CCC(C)C(C(=O)O)N1C(=O)N2CCc3c([nH]c4ccccc34)C2(C)C1=O. The van der Waals surface area contributed by atoms with Crippen LogP contribution in [0.2, 0.25) is 0 Å². The number of nitrogens with zero attached hydrogens (tertiary/aromatic N) is 2. The molecular weight excluding hydrogens is 346 g/mol. The fourth-order valence-electron chi connectivity index (χ4n) is 4.50. The summed E-state index contributed by atoms with van der Waals surface area (Å²) in [6, 6.07) is 6.14. The summed E-state index contributed by atoms with van der Waals surface area (Å²) in [7, 11) is 0. The first-order valence-corrected chi connectivity index (χ1v) is 9.30. The number of carbonyl (C=O) groups excluding carboxylic acids is 2. The molecule has 2 aromatic rings. The number of aliphatic carboxylic acids is 1. The highest BCUT2D eigenvalue weighted by Gasteiger charge is 2.61. The number of nitrogens with one attached hydrogen (secondary N) is 1. The highest BCUT2D eigenvalue weighted by molar-refractivity contribution is 6.10. The molecule has 1 saturated heterocycles. The van der Waals surface area contributed by atoms with Crippen molar-refractivity contribution in [3.05, 3.63) is 35.5 Å². The van der Waals surface area contributed by atoms with Crippen molar-refractivity contribution in [2.45, 2.75) is 45.2 Å². The second-order valence-electron chi connectivity index (χ2n) is 7.62. The number of aromatic amines is 1. The number of hydrogen-bond donors (Lipinski definition) is 2. The average molecular weight is 369 g/mol. The highest BCUT2D eigenvalue weighted by Crippen LogP contribution is 2.45. The van der Waals surface area contributed by atoms with Crippen molar-refractivity contribution in [2.24, 2.45) is 5.92 Å². The lowest BCUT2D eigenvalue weighted by molar-refractivity contribution is -0.150. The Morgan fingerprint density at radius 1 is 1.33 bits per heavy atom. The Labute approximate surface area is 156 Å². The first-order chi connectivity index (χ1) is 12.8. The number of carboxylic acids is 1. The van der Waals surface area contributed by atoms with Crippen molar-refractivity contribution in [1.29, 1.82) is 0 Å². The van der Waals surface area contributed by atoms with Crippen molar-refractivity contribution >= 4 is 28.8 Å². The zero-order valence-corrected chi connectivity index (χ0v) is 15.7. The van der Waals surface area contributed by atoms with Crippen LogP contribution < -0.4 is 0 Å². The molecule has 7 nitrogen and oxygen atoms in total. The zero-order chi connectivity index (χ0) is 19.5. The summed E-state index contributed by atoms with van der Waals surface area (Å²) in [5.41, 5.74) is 1.44. The molecule has 1 aromatic heterocycles. The minimum Gasteiger partial charge on any atom is -0.480 e. The molecule has 1 fully saturated rings. The lowest BCUT2D eigenvalue weighted by atomic mass is 9.86. The molecule has 2 aliphatic rings. The molecule has 2 aliphatic heterocycles. The van der Waals surface area contributed by atoms with Crippen molar-refractivity contribution in [2.75, 3.05) is 6.54 Å². The van der Waals surface area contributed by atoms with Gasteiger partial charge in [-0.05, 0) is 30.9 Å². The fourth-order valence-corrected chi connectivity index (χ4v) is 4.50. The Bertz CT molecular complexity index is 965. The summed E-state index contributed by atoms with van der Waals surface area (Å²) in [5.74, 6) is -1.94. The van der Waals surface area contributed by atoms with Crippen LogP contribution in [0.3, 0.4) is 0 Å². The maximum atomic E-state index is 13.5. The number of aromatic nitrogens is 1. The second-order valence-corrected chi connectivity index (χ2v) is 7.62. The van der Waals surface area contributed by atoms with E-state index in [1.165, 1.54) is 4.90 Å². The molecule has 4 rings (SSSR count). The van der Waals surface area contributed by atoms with Gasteiger partial charge in [0, 0.05) is 17.4 Å². The minimum atomic E-state index is -1.20. The molecule has 27 heavy (non-hydrogen) atoms. The number of para-hydroxylation sites is 1. The predicted molar refractivity (Wildman–Crippen MR) is 99.2 cm³/mol. The zero-order valence-electron chi connectivity index (χ0n) is 15.7. The van der Waals surface area contributed by atoms with E-state index in [1.807, 2.05) is 31.2 Å². The standard InChI is InChI=1S/C20H23N3O4/c1-4-11(2)15(17(24)25)23-18(26)20(3)16-13(9-10-22(20)19(23)27)12-7-5-6-8-14(12)21-16/h5-8,11,15,21H,4,9-10H2,1-3H3,(H,24,25). The number of rotatable bonds is 4. The van der Waals surface area contributed by atoms with E-state index in [4.69, 9.17) is 0 Å². The van der Waals surface area contributed by atoms with Gasteiger partial charge in [0.2, 0.25) is 0 Å². The molecular formula is C20H23N3O4. The van der Waals surface area contributed by atoms with Crippen LogP contribution in [0.15, 0.2) is 24.3 Å². The molecule has 0 bridgehead atoms. The molecule has 1 aromatic carbocycles. The molecule has 3 heterocycles. The van der Waals surface area contributed by atoms with Gasteiger partial charge in [-0.2, -0.15) is 0 Å². The fraction of sp³-hybridized carbons (Fsp3) is 0.450. The normalized spacial score (nSPS) is 24.1. The van der Waals surface area contributed by atoms with E-state index in [1.54, 1.807) is 13.8 Å². The van der Waals surface area contributed by atoms with Gasteiger partial charge in [0.05, 0.1) is 5.69 Å². The quantitative estimate of drug-likeness (QED) is 0.810. The molecule has 2 N–H and O–H groups in total. The monoisotopic (exact) mass is 369 g/mol. The maximum absolute atomic E-state index is 13.5. The predicted octanol–water partition coefficient (Wildman–Crippen LogP) is 2.70. The third kappa shape index (κ3) is 2.17. The van der Waals surface area contributed by atoms with Gasteiger partial charge in [-0.25, -0.2) is 14.5 Å². The molecule has 3 unspecified atom stereocenters. The van der Waals surface area contributed by atoms with E-state index in [0.717, 1.165) is 21.4 Å². The van der Waals surface area contributed by atoms with Crippen LogP contribution in [-0.4, -0.2) is 50.4 Å². The summed E-state index contributed by atoms with van der Waals surface area (Å²) in [5, 5.41) is 10.8. The Kier molecular flexibility index (Phi) is 3.80. The van der Waals surface area contributed by atoms with Gasteiger partial charge in [-0.1, -0.05) is 38.5 Å². The topological polar surface area (TPSA) is 93.7 Å². The summed E-state index contributed by atoms with van der Waals surface area (Å²) in [6.07, 6.45) is 1.19. The van der Waals surface area contributed by atoms with E-state index in [2.05, 4.69) is 4.98 Å². The third-order valence-corrected chi connectivity index (χ3v) is 6.21. The molecule has 0 saturated carbocycles. The molecule has 7 heteroatoms. The molecule has 0 radical (unpaired) electrons. The summed E-state index contributed by atoms with van der Waals surface area (Å²) >= 11 is 0. The van der Waals surface area contributed by atoms with Gasteiger partial charge < -0.3 is 15.0 Å². The number of benzene rings is 1. The molecule has 142 valence electrons. The van der Waals surface area contributed by atoms with Gasteiger partial charge in [0.1, 0.15) is 6.04 Å². The van der Waals surface area contributed by atoms with Crippen molar-refractivity contribution in [3.63, 3.8) is 0 Å². The number of carbonyl (C=O) groups is 3. The van der Waals surface area contributed by atoms with E-state index in [0.29, 0.717) is 25.1 Å². The smallest absolute Gasteiger partial charge is 0.328 e. The maximum Gasteiger partial charge on any atom is 0.328 e. The van der Waals surface area contributed by atoms with E-state index < -0.39 is 29.5 Å². The molecule has 3 atom stereocenters. The first kappa shape index (κ1) is 17.6. The lowest BCUT2D eigenvalue weighted by Crippen LogP contribution is -2.50. The van der Waals surface area contributed by atoms with Crippen molar-refractivity contribution < 1.29 is 19.5 Å². The van der Waals surface area contributed by atoms with E-state index in [-0.39, 0.29) is 5.92 Å². The number of H-pyrrole nitrogens is 1. The third-order valence-electron chi connectivity index (χ3n) is 6.21. The summed E-state index contributed by atoms with van der Waals surface area (Å²) in [6.45, 7) is 5.72. The van der Waals surface area contributed by atoms with E-state index in [9.17, 15) is 19.5 Å². The Balaban J connectivity index is 1.87. The lowest BCUT2D eigenvalue weighted by Gasteiger charge is -2.36. The largest absolute Gasteiger partial charge is 0.480 e. The van der Waals surface area contributed by atoms with Crippen LogP contribution in [0.25, 0.3) is 10.9 Å². The minimum absolute atomic E-state index is 0.331. The number of carboxylic acid groups (broad SMARTS) is 1. The van der Waals surface area contributed by atoms with Crippen molar-refractivity contribution in [3.8, 4) is 0 Å². The number of urea groups is 1. The Hall–Kier alpha value is -2.83. The molecule has 3 amide bonds. The second kappa shape index (κ2) is 5.84. The summed E-state index contributed by atoms with van der Waals surface area (Å²) in [4.78, 5) is 44.3. The number of imide groups is 1. The molecule has 0 aliphatic carbocycles. The van der Waals surface area contributed by atoms with Gasteiger partial charge >= 0.3 is 12.0 Å². The van der Waals surface area contributed by atoms with Crippen LogP contribution in [0.1, 0.15) is 38.4 Å². The van der Waals surface area contributed by atoms with Crippen LogP contribution in [0.4, 0.5) is 4.79 Å². The van der Waals surface area contributed by atoms with Crippen LogP contribution in [-0.2, 0) is 21.5 Å². The van der Waals surface area contributed by atoms with E-state index >= 15 is 0 Å². The number of fused-ring (bicyclic) bond motifs is 5. The van der Waals surface area contributed by atoms with Crippen molar-refractivity contribution in [1.82, 2.24) is 14.8 Å². The van der Waals surface area contributed by atoms with Gasteiger partial charge in [0.25, 0.3) is 5.91 Å². The summed E-state index contributed by atoms with van der Waals surface area (Å²) < 4.78 is 0. The average Bonchev–Trinajstić information content (AvgIpc) is 3.12. The van der Waals surface area contributed by atoms with Gasteiger partial charge in [0.15, 0.2) is 5.54 Å². The van der Waals surface area contributed by atoms with Crippen LogP contribution in [0, 0.1) is 5.92 Å². The highest BCUT2D eigenvalue weighted by atomic mass is 16.4. The number of amides is 3. The molecule has 0 spiro atoms. The van der Waals surface area contributed by atoms with Crippen LogP contribution in [0.5, 0.6) is 0 Å². The van der Waals surface area contributed by atoms with Gasteiger partial charge in [-0.3, -0.25) is 4.79 Å². The Morgan fingerprint density at radius 2 is 2.04 bits per heavy atom. The first-order valence-electron chi connectivity index (χ1n) is 9.30. The Morgan fingerprint density at radius 3 is 2.70 bits per heavy atom. The van der Waals surface area contributed by atoms with Gasteiger partial charge in [-0.15, -0.1) is 0 Å². The number of hydrogen-bond acceptors (Lipinski definition) is 3.